The molecule has 1 atom stereocenters. The van der Waals surface area contributed by atoms with Gasteiger partial charge in [0.1, 0.15) is 5.82 Å². The summed E-state index contributed by atoms with van der Waals surface area (Å²) in [4.78, 5) is 4.38. The van der Waals surface area contributed by atoms with Gasteiger partial charge < -0.3 is 9.88 Å². The van der Waals surface area contributed by atoms with Gasteiger partial charge in [-0.15, -0.1) is 0 Å². The average Bonchev–Trinajstić information content (AvgIpc) is 2.63. The summed E-state index contributed by atoms with van der Waals surface area (Å²) in [7, 11) is 2.07. The first-order valence-electron chi connectivity index (χ1n) is 6.70. The van der Waals surface area contributed by atoms with Gasteiger partial charge in [0, 0.05) is 31.9 Å². The molecule has 98 valence electrons. The standard InChI is InChI=1S/C14H27N3/c1-11(2)13(10-16-12(3)4)6-7-14-15-8-9-17(14)5/h8-9,11-13,16H,6-7,10H2,1-5H3. The molecule has 1 aromatic rings. The summed E-state index contributed by atoms with van der Waals surface area (Å²) >= 11 is 0. The van der Waals surface area contributed by atoms with E-state index in [2.05, 4.69) is 49.6 Å². The fourth-order valence-corrected chi connectivity index (χ4v) is 2.01. The molecule has 1 heterocycles. The van der Waals surface area contributed by atoms with E-state index in [1.54, 1.807) is 0 Å². The van der Waals surface area contributed by atoms with Gasteiger partial charge in [-0.05, 0) is 24.8 Å². The number of nitrogens with one attached hydrogen (secondary N) is 1. The minimum absolute atomic E-state index is 0.574. The molecule has 17 heavy (non-hydrogen) atoms. The molecule has 0 aliphatic rings. The third kappa shape index (κ3) is 4.90. The van der Waals surface area contributed by atoms with Crippen molar-refractivity contribution < 1.29 is 0 Å². The Balaban J connectivity index is 2.42. The lowest BCUT2D eigenvalue weighted by atomic mass is 9.90. The fraction of sp³-hybridized carbons (Fsp3) is 0.786. The van der Waals surface area contributed by atoms with Gasteiger partial charge in [0.2, 0.25) is 0 Å². The molecule has 1 aromatic heterocycles. The van der Waals surface area contributed by atoms with E-state index in [1.807, 2.05) is 12.4 Å². The zero-order chi connectivity index (χ0) is 12.8. The van der Waals surface area contributed by atoms with Crippen LogP contribution in [0.4, 0.5) is 0 Å². The van der Waals surface area contributed by atoms with Crippen LogP contribution < -0.4 is 5.32 Å². The summed E-state index contributed by atoms with van der Waals surface area (Å²) in [6.07, 6.45) is 6.19. The minimum Gasteiger partial charge on any atom is -0.338 e. The third-order valence-corrected chi connectivity index (χ3v) is 3.39. The largest absolute Gasteiger partial charge is 0.338 e. The van der Waals surface area contributed by atoms with Gasteiger partial charge in [-0.1, -0.05) is 27.7 Å². The summed E-state index contributed by atoms with van der Waals surface area (Å²) < 4.78 is 2.12. The SMILES string of the molecule is CC(C)NCC(CCc1nccn1C)C(C)C. The quantitative estimate of drug-likeness (QED) is 0.790. The van der Waals surface area contributed by atoms with Crippen molar-refractivity contribution in [3.63, 3.8) is 0 Å². The molecule has 0 aliphatic heterocycles. The minimum atomic E-state index is 0.574. The van der Waals surface area contributed by atoms with E-state index in [0.29, 0.717) is 6.04 Å². The molecule has 0 fully saturated rings. The van der Waals surface area contributed by atoms with E-state index in [1.165, 1.54) is 12.2 Å². The second kappa shape index (κ2) is 6.80. The lowest BCUT2D eigenvalue weighted by Crippen LogP contribution is -2.31. The first-order valence-corrected chi connectivity index (χ1v) is 6.70. The second-order valence-corrected chi connectivity index (χ2v) is 5.56. The van der Waals surface area contributed by atoms with Gasteiger partial charge in [-0.3, -0.25) is 0 Å². The van der Waals surface area contributed by atoms with Crippen molar-refractivity contribution in [2.24, 2.45) is 18.9 Å². The van der Waals surface area contributed by atoms with Crippen LogP contribution in [0.5, 0.6) is 0 Å². The van der Waals surface area contributed by atoms with Crippen molar-refractivity contribution >= 4 is 0 Å². The highest BCUT2D eigenvalue weighted by molar-refractivity contribution is 4.91. The van der Waals surface area contributed by atoms with Gasteiger partial charge in [0.25, 0.3) is 0 Å². The van der Waals surface area contributed by atoms with E-state index >= 15 is 0 Å². The van der Waals surface area contributed by atoms with Crippen molar-refractivity contribution in [1.82, 2.24) is 14.9 Å². The summed E-state index contributed by atoms with van der Waals surface area (Å²) in [5.41, 5.74) is 0. The Morgan fingerprint density at radius 2 is 2.00 bits per heavy atom. The van der Waals surface area contributed by atoms with Crippen LogP contribution in [0.2, 0.25) is 0 Å². The lowest BCUT2D eigenvalue weighted by Gasteiger charge is -2.22. The second-order valence-electron chi connectivity index (χ2n) is 5.56. The van der Waals surface area contributed by atoms with Crippen LogP contribution >= 0.6 is 0 Å². The first kappa shape index (κ1) is 14.2. The van der Waals surface area contributed by atoms with Crippen LogP contribution in [0.25, 0.3) is 0 Å². The Labute approximate surface area is 106 Å². The molecule has 1 N–H and O–H groups in total. The Morgan fingerprint density at radius 3 is 2.47 bits per heavy atom. The molecule has 0 radical (unpaired) electrons. The number of imidazole rings is 1. The molecule has 0 spiro atoms. The molecule has 0 saturated heterocycles. The van der Waals surface area contributed by atoms with E-state index in [0.717, 1.165) is 24.8 Å². The number of aromatic nitrogens is 2. The predicted molar refractivity (Wildman–Crippen MR) is 73.0 cm³/mol. The monoisotopic (exact) mass is 237 g/mol. The lowest BCUT2D eigenvalue weighted by molar-refractivity contribution is 0.328. The number of rotatable bonds is 7. The summed E-state index contributed by atoms with van der Waals surface area (Å²) in [6.45, 7) is 10.1. The molecule has 3 nitrogen and oxygen atoms in total. The maximum atomic E-state index is 4.38. The van der Waals surface area contributed by atoms with Crippen molar-refractivity contribution in [3.05, 3.63) is 18.2 Å². The smallest absolute Gasteiger partial charge is 0.108 e. The van der Waals surface area contributed by atoms with Gasteiger partial charge in [-0.25, -0.2) is 4.98 Å². The molecular formula is C14H27N3. The molecular weight excluding hydrogens is 210 g/mol. The van der Waals surface area contributed by atoms with E-state index in [-0.39, 0.29) is 0 Å². The molecule has 0 amide bonds. The van der Waals surface area contributed by atoms with E-state index in [4.69, 9.17) is 0 Å². The predicted octanol–water partition coefficient (Wildman–Crippen LogP) is 2.62. The highest BCUT2D eigenvalue weighted by Crippen LogP contribution is 2.17. The number of nitrogens with zero attached hydrogens (tertiary/aromatic N) is 2. The van der Waals surface area contributed by atoms with Crippen LogP contribution in [0, 0.1) is 11.8 Å². The Morgan fingerprint density at radius 1 is 1.29 bits per heavy atom. The van der Waals surface area contributed by atoms with Crippen molar-refractivity contribution in [2.75, 3.05) is 6.54 Å². The molecule has 0 aliphatic carbocycles. The molecule has 1 unspecified atom stereocenters. The van der Waals surface area contributed by atoms with Crippen LogP contribution in [-0.4, -0.2) is 22.1 Å². The third-order valence-electron chi connectivity index (χ3n) is 3.39. The zero-order valence-corrected chi connectivity index (χ0v) is 11.9. The Bertz CT molecular complexity index is 315. The maximum Gasteiger partial charge on any atom is 0.108 e. The summed E-state index contributed by atoms with van der Waals surface area (Å²) in [5, 5.41) is 3.54. The molecule has 0 saturated carbocycles. The number of hydrogen-bond acceptors (Lipinski definition) is 2. The van der Waals surface area contributed by atoms with Crippen LogP contribution in [0.3, 0.4) is 0 Å². The van der Waals surface area contributed by atoms with E-state index in [9.17, 15) is 0 Å². The fourth-order valence-electron chi connectivity index (χ4n) is 2.01. The molecule has 3 heteroatoms. The van der Waals surface area contributed by atoms with Gasteiger partial charge in [0.05, 0.1) is 0 Å². The zero-order valence-electron chi connectivity index (χ0n) is 11.9. The first-order chi connectivity index (χ1) is 8.00. The van der Waals surface area contributed by atoms with Gasteiger partial charge in [0.15, 0.2) is 0 Å². The van der Waals surface area contributed by atoms with Crippen LogP contribution in [-0.2, 0) is 13.5 Å². The molecule has 0 aromatic carbocycles. The highest BCUT2D eigenvalue weighted by atomic mass is 15.0. The Hall–Kier alpha value is -0.830. The Kier molecular flexibility index (Phi) is 5.69. The van der Waals surface area contributed by atoms with Crippen molar-refractivity contribution in [2.45, 2.75) is 46.6 Å². The number of aryl methyl sites for hydroxylation is 2. The van der Waals surface area contributed by atoms with Crippen LogP contribution in [0.1, 0.15) is 39.9 Å². The van der Waals surface area contributed by atoms with Gasteiger partial charge in [-0.2, -0.15) is 0 Å². The van der Waals surface area contributed by atoms with Crippen molar-refractivity contribution in [3.8, 4) is 0 Å². The average molecular weight is 237 g/mol. The molecule has 0 bridgehead atoms. The normalized spacial score (nSPS) is 13.6. The topological polar surface area (TPSA) is 29.9 Å². The highest BCUT2D eigenvalue weighted by Gasteiger charge is 2.14. The number of hydrogen-bond donors (Lipinski definition) is 1. The van der Waals surface area contributed by atoms with E-state index < -0.39 is 0 Å². The summed E-state index contributed by atoms with van der Waals surface area (Å²) in [5.74, 6) is 2.65. The summed E-state index contributed by atoms with van der Waals surface area (Å²) in [6, 6.07) is 0.574. The van der Waals surface area contributed by atoms with Crippen LogP contribution in [0.15, 0.2) is 12.4 Å². The maximum absolute atomic E-state index is 4.38. The molecule has 1 rings (SSSR count). The van der Waals surface area contributed by atoms with Gasteiger partial charge >= 0.3 is 0 Å². The van der Waals surface area contributed by atoms with Crippen molar-refractivity contribution in [1.29, 1.82) is 0 Å².